The number of esters is 1. The Kier molecular flexibility index (Phi) is 3.95. The van der Waals surface area contributed by atoms with E-state index in [1.165, 1.54) is 7.11 Å². The Morgan fingerprint density at radius 2 is 1.86 bits per heavy atom. The summed E-state index contributed by atoms with van der Waals surface area (Å²) in [5.41, 5.74) is 1.68. The van der Waals surface area contributed by atoms with E-state index in [-0.39, 0.29) is 17.9 Å². The van der Waals surface area contributed by atoms with Crippen LogP contribution in [0.2, 0.25) is 0 Å². The van der Waals surface area contributed by atoms with Crippen molar-refractivity contribution < 1.29 is 14.3 Å². The molecule has 0 saturated carbocycles. The number of hydrogen-bond acceptors (Lipinski definition) is 3. The van der Waals surface area contributed by atoms with Crippen LogP contribution in [0.25, 0.3) is 0 Å². The first-order valence-electron chi connectivity index (χ1n) is 7.70. The first-order chi connectivity index (χ1) is 10.2. The molecule has 1 amide bonds. The van der Waals surface area contributed by atoms with Crippen LogP contribution in [0.3, 0.4) is 0 Å². The van der Waals surface area contributed by atoms with E-state index in [9.17, 15) is 9.59 Å². The molecule has 21 heavy (non-hydrogen) atoms. The Balaban J connectivity index is 1.84. The molecule has 0 aliphatic carbocycles. The van der Waals surface area contributed by atoms with Crippen molar-refractivity contribution in [1.82, 2.24) is 4.90 Å². The molecule has 2 unspecified atom stereocenters. The zero-order valence-corrected chi connectivity index (χ0v) is 12.4. The number of piperidine rings is 2. The quantitative estimate of drug-likeness (QED) is 0.785. The fraction of sp³-hybridized carbons (Fsp3) is 0.529. The van der Waals surface area contributed by atoms with Crippen molar-refractivity contribution in [3.8, 4) is 0 Å². The van der Waals surface area contributed by atoms with Crippen LogP contribution < -0.4 is 0 Å². The lowest BCUT2D eigenvalue weighted by Gasteiger charge is -2.45. The van der Waals surface area contributed by atoms with Crippen LogP contribution in [0, 0.1) is 0 Å². The first kappa shape index (κ1) is 14.1. The fourth-order valence-electron chi connectivity index (χ4n) is 3.64. The van der Waals surface area contributed by atoms with Crippen molar-refractivity contribution in [2.24, 2.45) is 0 Å². The lowest BCUT2D eigenvalue weighted by Crippen LogP contribution is -2.48. The molecule has 2 fully saturated rings. The Bertz CT molecular complexity index is 535. The highest BCUT2D eigenvalue weighted by atomic mass is 16.5. The molecular formula is C17H21NO3. The third-order valence-electron chi connectivity index (χ3n) is 4.68. The van der Waals surface area contributed by atoms with Crippen molar-refractivity contribution in [3.63, 3.8) is 0 Å². The molecule has 0 aromatic heterocycles. The molecule has 2 atom stereocenters. The van der Waals surface area contributed by atoms with Crippen LogP contribution in [0.5, 0.6) is 0 Å². The van der Waals surface area contributed by atoms with Crippen LogP contribution >= 0.6 is 0 Å². The summed E-state index contributed by atoms with van der Waals surface area (Å²) in [5, 5.41) is 0. The lowest BCUT2D eigenvalue weighted by atomic mass is 9.85. The Morgan fingerprint density at radius 3 is 2.57 bits per heavy atom. The topological polar surface area (TPSA) is 46.6 Å². The van der Waals surface area contributed by atoms with Crippen molar-refractivity contribution >= 4 is 11.9 Å². The molecule has 2 saturated heterocycles. The summed E-state index contributed by atoms with van der Waals surface area (Å²) in [5.74, 6) is -0.0369. The maximum absolute atomic E-state index is 12.3. The number of carbonyl (C=O) groups excluding carboxylic acids is 2. The summed E-state index contributed by atoms with van der Waals surface area (Å²) in [6, 6.07) is 8.08. The van der Waals surface area contributed by atoms with E-state index in [1.807, 2.05) is 12.1 Å². The van der Waals surface area contributed by atoms with Crippen LogP contribution in [0.1, 0.15) is 60.5 Å². The fourth-order valence-corrected chi connectivity index (χ4v) is 3.64. The van der Waals surface area contributed by atoms with Gasteiger partial charge in [-0.1, -0.05) is 12.1 Å². The van der Waals surface area contributed by atoms with Gasteiger partial charge in [-0.05, 0) is 49.8 Å². The van der Waals surface area contributed by atoms with Gasteiger partial charge in [0.25, 0.3) is 0 Å². The van der Waals surface area contributed by atoms with Gasteiger partial charge in [0.15, 0.2) is 0 Å². The number of rotatable bonds is 2. The van der Waals surface area contributed by atoms with Gasteiger partial charge < -0.3 is 9.64 Å². The third-order valence-corrected chi connectivity index (χ3v) is 4.68. The summed E-state index contributed by atoms with van der Waals surface area (Å²) in [6.45, 7) is 0. The molecule has 2 aliphatic heterocycles. The molecular weight excluding hydrogens is 266 g/mol. The number of carbonyl (C=O) groups is 2. The van der Waals surface area contributed by atoms with Crippen molar-refractivity contribution in [3.05, 3.63) is 35.4 Å². The SMILES string of the molecule is COC(=O)c1ccc(C2CCCC3CCCC(=O)N32)cc1. The minimum absolute atomic E-state index is 0.170. The number of ether oxygens (including phenoxy) is 1. The summed E-state index contributed by atoms with van der Waals surface area (Å²) in [6.07, 6.45) is 6.13. The third kappa shape index (κ3) is 2.67. The molecule has 112 valence electrons. The second-order valence-corrected chi connectivity index (χ2v) is 5.91. The number of methoxy groups -OCH3 is 1. The Hall–Kier alpha value is -1.84. The van der Waals surface area contributed by atoms with Crippen LogP contribution in [-0.4, -0.2) is 29.9 Å². The summed E-state index contributed by atoms with van der Waals surface area (Å²) >= 11 is 0. The second kappa shape index (κ2) is 5.88. The van der Waals surface area contributed by atoms with Gasteiger partial charge in [0.2, 0.25) is 5.91 Å². The number of fused-ring (bicyclic) bond motifs is 1. The molecule has 4 heteroatoms. The summed E-state index contributed by atoms with van der Waals surface area (Å²) < 4.78 is 4.72. The van der Waals surface area contributed by atoms with Crippen molar-refractivity contribution in [1.29, 1.82) is 0 Å². The predicted molar refractivity (Wildman–Crippen MR) is 78.9 cm³/mol. The highest BCUT2D eigenvalue weighted by molar-refractivity contribution is 5.89. The van der Waals surface area contributed by atoms with Crippen molar-refractivity contribution in [2.45, 2.75) is 50.6 Å². The van der Waals surface area contributed by atoms with Gasteiger partial charge in [-0.3, -0.25) is 4.79 Å². The number of nitrogens with zero attached hydrogens (tertiary/aromatic N) is 1. The normalized spacial score (nSPS) is 25.4. The zero-order chi connectivity index (χ0) is 14.8. The van der Waals surface area contributed by atoms with Gasteiger partial charge in [0.05, 0.1) is 18.7 Å². The first-order valence-corrected chi connectivity index (χ1v) is 7.70. The average molecular weight is 287 g/mol. The molecule has 1 aromatic carbocycles. The molecule has 4 nitrogen and oxygen atoms in total. The zero-order valence-electron chi connectivity index (χ0n) is 12.4. The van der Waals surface area contributed by atoms with E-state index >= 15 is 0 Å². The molecule has 3 rings (SSSR count). The lowest BCUT2D eigenvalue weighted by molar-refractivity contribution is -0.142. The Morgan fingerprint density at radius 1 is 1.14 bits per heavy atom. The van der Waals surface area contributed by atoms with Gasteiger partial charge in [-0.25, -0.2) is 4.79 Å². The molecule has 0 N–H and O–H groups in total. The summed E-state index contributed by atoms with van der Waals surface area (Å²) in [7, 11) is 1.38. The minimum atomic E-state index is -0.322. The van der Waals surface area contributed by atoms with E-state index in [1.54, 1.807) is 12.1 Å². The summed E-state index contributed by atoms with van der Waals surface area (Å²) in [4.78, 5) is 25.9. The maximum atomic E-state index is 12.3. The largest absolute Gasteiger partial charge is 0.465 e. The molecule has 2 heterocycles. The highest BCUT2D eigenvalue weighted by Gasteiger charge is 2.36. The van der Waals surface area contributed by atoms with E-state index in [2.05, 4.69) is 4.90 Å². The van der Waals surface area contributed by atoms with E-state index in [0.29, 0.717) is 18.0 Å². The molecule has 0 spiro atoms. The van der Waals surface area contributed by atoms with Gasteiger partial charge in [-0.2, -0.15) is 0 Å². The van der Waals surface area contributed by atoms with Gasteiger partial charge in [0.1, 0.15) is 0 Å². The standard InChI is InChI=1S/C17H21NO3/c1-21-17(20)13-10-8-12(9-11-13)15-6-2-4-14-5-3-7-16(19)18(14)15/h8-11,14-15H,2-7H2,1H3. The van der Waals surface area contributed by atoms with Crippen LogP contribution in [0.15, 0.2) is 24.3 Å². The van der Waals surface area contributed by atoms with Gasteiger partial charge in [-0.15, -0.1) is 0 Å². The number of amides is 1. The highest BCUT2D eigenvalue weighted by Crippen LogP contribution is 2.39. The molecule has 1 aromatic rings. The molecule has 0 radical (unpaired) electrons. The monoisotopic (exact) mass is 287 g/mol. The minimum Gasteiger partial charge on any atom is -0.465 e. The van der Waals surface area contributed by atoms with E-state index < -0.39 is 0 Å². The second-order valence-electron chi connectivity index (χ2n) is 5.91. The predicted octanol–water partition coefficient (Wildman–Crippen LogP) is 3.08. The van der Waals surface area contributed by atoms with Gasteiger partial charge >= 0.3 is 5.97 Å². The Labute approximate surface area is 125 Å². The van der Waals surface area contributed by atoms with E-state index in [0.717, 1.165) is 37.7 Å². The van der Waals surface area contributed by atoms with Crippen molar-refractivity contribution in [2.75, 3.05) is 7.11 Å². The average Bonchev–Trinajstić information content (AvgIpc) is 2.54. The molecule has 0 bridgehead atoms. The number of hydrogen-bond donors (Lipinski definition) is 0. The van der Waals surface area contributed by atoms with Gasteiger partial charge in [0, 0.05) is 12.5 Å². The molecule has 2 aliphatic rings. The van der Waals surface area contributed by atoms with Crippen LogP contribution in [-0.2, 0) is 9.53 Å². The smallest absolute Gasteiger partial charge is 0.337 e. The number of benzene rings is 1. The van der Waals surface area contributed by atoms with E-state index in [4.69, 9.17) is 4.74 Å². The van der Waals surface area contributed by atoms with Crippen LogP contribution in [0.4, 0.5) is 0 Å². The maximum Gasteiger partial charge on any atom is 0.337 e.